The van der Waals surface area contributed by atoms with Crippen molar-refractivity contribution in [3.05, 3.63) is 23.8 Å². The SMILES string of the molecule is NC[C@H]1CC[C@@H](C(=O)Nc2cccc3c2OCCC3)O1. The molecule has 0 unspecified atom stereocenters. The second kappa shape index (κ2) is 5.81. The molecular formula is C15H20N2O3. The number of ether oxygens (including phenoxy) is 2. The Hall–Kier alpha value is -1.59. The highest BCUT2D eigenvalue weighted by Crippen LogP contribution is 2.33. The Morgan fingerprint density at radius 1 is 1.40 bits per heavy atom. The van der Waals surface area contributed by atoms with Crippen LogP contribution in [0.3, 0.4) is 0 Å². The van der Waals surface area contributed by atoms with E-state index in [9.17, 15) is 4.79 Å². The minimum absolute atomic E-state index is 0.00619. The van der Waals surface area contributed by atoms with Gasteiger partial charge in [0.2, 0.25) is 0 Å². The smallest absolute Gasteiger partial charge is 0.253 e. The van der Waals surface area contributed by atoms with Crippen molar-refractivity contribution in [3.8, 4) is 5.75 Å². The molecule has 1 amide bonds. The van der Waals surface area contributed by atoms with Crippen LogP contribution in [-0.4, -0.2) is 31.3 Å². The molecule has 2 atom stereocenters. The molecule has 3 rings (SSSR count). The normalized spacial score (nSPS) is 24.9. The standard InChI is InChI=1S/C15H20N2O3/c16-9-11-6-7-13(20-11)15(18)17-12-5-1-3-10-4-2-8-19-14(10)12/h1,3,5,11,13H,2,4,6-9,16H2,(H,17,18)/t11-,13+/m1/s1. The van der Waals surface area contributed by atoms with Gasteiger partial charge in [0.1, 0.15) is 11.9 Å². The number of amides is 1. The first-order valence-corrected chi connectivity index (χ1v) is 7.19. The summed E-state index contributed by atoms with van der Waals surface area (Å²) in [6.07, 6.45) is 3.19. The zero-order valence-corrected chi connectivity index (χ0v) is 11.4. The third kappa shape index (κ3) is 2.64. The fourth-order valence-corrected chi connectivity index (χ4v) is 2.77. The molecule has 1 aromatic carbocycles. The number of rotatable bonds is 3. The summed E-state index contributed by atoms with van der Waals surface area (Å²) in [5, 5.41) is 2.93. The Bertz CT molecular complexity index is 504. The second-order valence-corrected chi connectivity index (χ2v) is 5.29. The van der Waals surface area contributed by atoms with E-state index in [0.717, 1.165) is 42.7 Å². The molecule has 5 nitrogen and oxygen atoms in total. The first-order chi connectivity index (χ1) is 9.78. The van der Waals surface area contributed by atoms with Crippen LogP contribution in [0.1, 0.15) is 24.8 Å². The van der Waals surface area contributed by atoms with Crippen molar-refractivity contribution >= 4 is 11.6 Å². The molecule has 1 saturated heterocycles. The van der Waals surface area contributed by atoms with Gasteiger partial charge in [0.05, 0.1) is 18.4 Å². The number of aryl methyl sites for hydroxylation is 1. The fourth-order valence-electron chi connectivity index (χ4n) is 2.77. The minimum Gasteiger partial charge on any atom is -0.491 e. The monoisotopic (exact) mass is 276 g/mol. The largest absolute Gasteiger partial charge is 0.491 e. The van der Waals surface area contributed by atoms with E-state index in [4.69, 9.17) is 15.2 Å². The number of benzene rings is 1. The van der Waals surface area contributed by atoms with E-state index >= 15 is 0 Å². The van der Waals surface area contributed by atoms with Crippen LogP contribution >= 0.6 is 0 Å². The number of carbonyl (C=O) groups is 1. The highest BCUT2D eigenvalue weighted by atomic mass is 16.5. The average Bonchev–Trinajstić information content (AvgIpc) is 2.97. The van der Waals surface area contributed by atoms with Gasteiger partial charge in [0.25, 0.3) is 5.91 Å². The number of hydrogen-bond donors (Lipinski definition) is 2. The minimum atomic E-state index is -0.400. The summed E-state index contributed by atoms with van der Waals surface area (Å²) in [6, 6.07) is 5.86. The van der Waals surface area contributed by atoms with Crippen LogP contribution in [0.4, 0.5) is 5.69 Å². The predicted molar refractivity (Wildman–Crippen MR) is 75.8 cm³/mol. The van der Waals surface area contributed by atoms with Gasteiger partial charge in [-0.2, -0.15) is 0 Å². The van der Waals surface area contributed by atoms with E-state index < -0.39 is 6.10 Å². The van der Waals surface area contributed by atoms with Crippen LogP contribution in [0.2, 0.25) is 0 Å². The molecule has 0 aromatic heterocycles. The average molecular weight is 276 g/mol. The molecule has 1 fully saturated rings. The van der Waals surface area contributed by atoms with E-state index in [1.165, 1.54) is 0 Å². The predicted octanol–water partition coefficient (Wildman–Crippen LogP) is 1.46. The lowest BCUT2D eigenvalue weighted by Gasteiger charge is -2.21. The summed E-state index contributed by atoms with van der Waals surface area (Å²) in [6.45, 7) is 1.17. The van der Waals surface area contributed by atoms with E-state index in [1.54, 1.807) is 0 Å². The maximum absolute atomic E-state index is 12.2. The molecule has 2 aliphatic rings. The summed E-state index contributed by atoms with van der Waals surface area (Å²) < 4.78 is 11.3. The first kappa shape index (κ1) is 13.4. The Morgan fingerprint density at radius 3 is 3.10 bits per heavy atom. The molecule has 5 heteroatoms. The molecule has 108 valence electrons. The van der Waals surface area contributed by atoms with Gasteiger partial charge in [-0.05, 0) is 37.3 Å². The number of nitrogens with one attached hydrogen (secondary N) is 1. The number of carbonyl (C=O) groups excluding carboxylic acids is 1. The summed E-state index contributed by atoms with van der Waals surface area (Å²) in [4.78, 5) is 12.2. The molecule has 0 saturated carbocycles. The van der Waals surface area contributed by atoms with E-state index in [0.29, 0.717) is 13.2 Å². The Labute approximate surface area is 118 Å². The lowest BCUT2D eigenvalue weighted by Crippen LogP contribution is -2.30. The molecule has 1 aromatic rings. The maximum atomic E-state index is 12.2. The third-order valence-corrected chi connectivity index (χ3v) is 3.85. The quantitative estimate of drug-likeness (QED) is 0.876. The van der Waals surface area contributed by atoms with E-state index in [1.807, 2.05) is 18.2 Å². The van der Waals surface area contributed by atoms with Crippen LogP contribution in [0.15, 0.2) is 18.2 Å². The Balaban J connectivity index is 1.70. The molecule has 2 aliphatic heterocycles. The van der Waals surface area contributed by atoms with Crippen LogP contribution in [0, 0.1) is 0 Å². The van der Waals surface area contributed by atoms with Gasteiger partial charge in [0.15, 0.2) is 0 Å². The summed E-state index contributed by atoms with van der Waals surface area (Å²) in [5.74, 6) is 0.698. The molecule has 0 aliphatic carbocycles. The number of nitrogens with two attached hydrogens (primary N) is 1. The summed E-state index contributed by atoms with van der Waals surface area (Å²) >= 11 is 0. The molecule has 3 N–H and O–H groups in total. The summed E-state index contributed by atoms with van der Waals surface area (Å²) in [7, 11) is 0. The number of hydrogen-bond acceptors (Lipinski definition) is 4. The summed E-state index contributed by atoms with van der Waals surface area (Å²) in [5.41, 5.74) is 7.46. The molecule has 0 spiro atoms. The number of anilines is 1. The van der Waals surface area contributed by atoms with Crippen molar-refractivity contribution in [1.29, 1.82) is 0 Å². The number of para-hydroxylation sites is 1. The van der Waals surface area contributed by atoms with Gasteiger partial charge in [-0.25, -0.2) is 0 Å². The third-order valence-electron chi connectivity index (χ3n) is 3.85. The van der Waals surface area contributed by atoms with Crippen LogP contribution in [-0.2, 0) is 16.0 Å². The van der Waals surface area contributed by atoms with Gasteiger partial charge in [-0.15, -0.1) is 0 Å². The van der Waals surface area contributed by atoms with Crippen molar-refractivity contribution in [2.24, 2.45) is 5.73 Å². The van der Waals surface area contributed by atoms with Crippen LogP contribution in [0.5, 0.6) is 5.75 Å². The molecule has 0 radical (unpaired) electrons. The highest BCUT2D eigenvalue weighted by molar-refractivity contribution is 5.95. The van der Waals surface area contributed by atoms with Gasteiger partial charge < -0.3 is 20.5 Å². The zero-order valence-electron chi connectivity index (χ0n) is 11.4. The van der Waals surface area contributed by atoms with Crippen LogP contribution in [0.25, 0.3) is 0 Å². The van der Waals surface area contributed by atoms with Crippen molar-refractivity contribution in [1.82, 2.24) is 0 Å². The maximum Gasteiger partial charge on any atom is 0.253 e. The van der Waals surface area contributed by atoms with Gasteiger partial charge in [-0.3, -0.25) is 4.79 Å². The second-order valence-electron chi connectivity index (χ2n) is 5.29. The van der Waals surface area contributed by atoms with Crippen molar-refractivity contribution in [3.63, 3.8) is 0 Å². The number of fused-ring (bicyclic) bond motifs is 1. The van der Waals surface area contributed by atoms with Gasteiger partial charge >= 0.3 is 0 Å². The Kier molecular flexibility index (Phi) is 3.89. The van der Waals surface area contributed by atoms with Gasteiger partial charge in [0, 0.05) is 6.54 Å². The van der Waals surface area contributed by atoms with E-state index in [-0.39, 0.29) is 12.0 Å². The van der Waals surface area contributed by atoms with Crippen molar-refractivity contribution in [2.75, 3.05) is 18.5 Å². The molecule has 20 heavy (non-hydrogen) atoms. The fraction of sp³-hybridized carbons (Fsp3) is 0.533. The first-order valence-electron chi connectivity index (χ1n) is 7.19. The molecule has 0 bridgehead atoms. The lowest BCUT2D eigenvalue weighted by molar-refractivity contribution is -0.126. The van der Waals surface area contributed by atoms with Crippen molar-refractivity contribution in [2.45, 2.75) is 37.9 Å². The van der Waals surface area contributed by atoms with Gasteiger partial charge in [-0.1, -0.05) is 12.1 Å². The Morgan fingerprint density at radius 2 is 2.30 bits per heavy atom. The zero-order chi connectivity index (χ0) is 13.9. The lowest BCUT2D eigenvalue weighted by atomic mass is 10.1. The van der Waals surface area contributed by atoms with Crippen LogP contribution < -0.4 is 15.8 Å². The topological polar surface area (TPSA) is 73.6 Å². The van der Waals surface area contributed by atoms with Crippen molar-refractivity contribution < 1.29 is 14.3 Å². The highest BCUT2D eigenvalue weighted by Gasteiger charge is 2.30. The van der Waals surface area contributed by atoms with E-state index in [2.05, 4.69) is 5.32 Å². The molecule has 2 heterocycles. The molecular weight excluding hydrogens is 256 g/mol.